The molecule has 0 saturated heterocycles. The number of nitrogens with one attached hydrogen (secondary N) is 2. The molecule has 2 aromatic carbocycles. The fraction of sp³-hybridized carbons (Fsp3) is 0.167. The third-order valence-corrected chi connectivity index (χ3v) is 3.23. The third-order valence-electron chi connectivity index (χ3n) is 3.23. The van der Waals surface area contributed by atoms with Gasteiger partial charge < -0.3 is 15.4 Å². The maximum absolute atomic E-state index is 13.5. The van der Waals surface area contributed by atoms with Crippen LogP contribution in [-0.2, 0) is 14.3 Å². The molecule has 1 atom stereocenters. The Labute approximate surface area is 144 Å². The average Bonchev–Trinajstić information content (AvgIpc) is 2.61. The minimum atomic E-state index is -1.04. The number of hydrogen-bond donors (Lipinski definition) is 2. The molecule has 0 radical (unpaired) electrons. The number of rotatable bonds is 6. The van der Waals surface area contributed by atoms with Gasteiger partial charge in [-0.2, -0.15) is 0 Å². The molecule has 0 heterocycles. The first-order chi connectivity index (χ1) is 12.0. The van der Waals surface area contributed by atoms with Crippen LogP contribution in [0.2, 0.25) is 0 Å². The van der Waals surface area contributed by atoms with Gasteiger partial charge in [0.15, 0.2) is 6.10 Å². The molecule has 2 amide bonds. The predicted molar refractivity (Wildman–Crippen MR) is 89.4 cm³/mol. The van der Waals surface area contributed by atoms with Gasteiger partial charge in [-0.05, 0) is 31.2 Å². The normalized spacial score (nSPS) is 11.3. The van der Waals surface area contributed by atoms with Crippen molar-refractivity contribution in [2.75, 3.05) is 11.9 Å². The maximum atomic E-state index is 13.5. The van der Waals surface area contributed by atoms with Gasteiger partial charge in [-0.3, -0.25) is 14.4 Å². The highest BCUT2D eigenvalue weighted by Gasteiger charge is 2.19. The average molecular weight is 344 g/mol. The van der Waals surface area contributed by atoms with Crippen molar-refractivity contribution in [1.82, 2.24) is 5.32 Å². The Bertz CT molecular complexity index is 765. The molecule has 0 aliphatic carbocycles. The van der Waals surface area contributed by atoms with Crippen LogP contribution in [-0.4, -0.2) is 30.4 Å². The largest absolute Gasteiger partial charge is 0.451 e. The Hall–Kier alpha value is -3.22. The molecular weight excluding hydrogens is 327 g/mol. The lowest BCUT2D eigenvalue weighted by atomic mass is 10.2. The molecule has 2 N–H and O–H groups in total. The van der Waals surface area contributed by atoms with Crippen LogP contribution in [0.1, 0.15) is 17.3 Å². The number of anilines is 1. The number of carbonyl (C=O) groups excluding carboxylic acids is 3. The van der Waals surface area contributed by atoms with Gasteiger partial charge in [-0.1, -0.05) is 30.3 Å². The number of ether oxygens (including phenoxy) is 1. The summed E-state index contributed by atoms with van der Waals surface area (Å²) in [6, 6.07) is 14.1. The highest BCUT2D eigenvalue weighted by Crippen LogP contribution is 2.07. The quantitative estimate of drug-likeness (QED) is 0.786. The van der Waals surface area contributed by atoms with Gasteiger partial charge in [0.25, 0.3) is 11.8 Å². The van der Waals surface area contributed by atoms with Crippen molar-refractivity contribution in [2.24, 2.45) is 0 Å². The van der Waals surface area contributed by atoms with Crippen LogP contribution >= 0.6 is 0 Å². The Kier molecular flexibility index (Phi) is 6.22. The van der Waals surface area contributed by atoms with Gasteiger partial charge >= 0.3 is 5.97 Å². The second-order valence-corrected chi connectivity index (χ2v) is 5.15. The number of halogens is 1. The molecule has 25 heavy (non-hydrogen) atoms. The SMILES string of the molecule is C[C@H](OC(=O)CNC(=O)c1ccccc1F)C(=O)Nc1ccccc1. The van der Waals surface area contributed by atoms with Crippen LogP contribution in [0.15, 0.2) is 54.6 Å². The summed E-state index contributed by atoms with van der Waals surface area (Å²) in [5, 5.41) is 4.84. The molecule has 0 aromatic heterocycles. The molecule has 130 valence electrons. The van der Waals surface area contributed by atoms with Gasteiger partial charge in [-0.15, -0.1) is 0 Å². The van der Waals surface area contributed by atoms with E-state index < -0.39 is 36.2 Å². The van der Waals surface area contributed by atoms with Gasteiger partial charge in [0, 0.05) is 5.69 Å². The Morgan fingerprint density at radius 1 is 1.04 bits per heavy atom. The summed E-state index contributed by atoms with van der Waals surface area (Å²) >= 11 is 0. The summed E-state index contributed by atoms with van der Waals surface area (Å²) in [6.45, 7) is 0.935. The second kappa shape index (κ2) is 8.58. The molecule has 6 nitrogen and oxygen atoms in total. The smallest absolute Gasteiger partial charge is 0.326 e. The minimum absolute atomic E-state index is 0.176. The predicted octanol–water partition coefficient (Wildman–Crippen LogP) is 2.13. The fourth-order valence-electron chi connectivity index (χ4n) is 1.95. The lowest BCUT2D eigenvalue weighted by molar-refractivity contribution is -0.152. The molecule has 0 spiro atoms. The van der Waals surface area contributed by atoms with E-state index in [9.17, 15) is 18.8 Å². The van der Waals surface area contributed by atoms with Crippen LogP contribution in [0.3, 0.4) is 0 Å². The first kappa shape index (κ1) is 18.1. The molecular formula is C18H17FN2O4. The number of esters is 1. The highest BCUT2D eigenvalue weighted by atomic mass is 19.1. The van der Waals surface area contributed by atoms with E-state index in [1.165, 1.54) is 25.1 Å². The summed E-state index contributed by atoms with van der Waals surface area (Å²) in [5.74, 6) is -2.74. The number of para-hydroxylation sites is 1. The van der Waals surface area contributed by atoms with Gasteiger partial charge in [0.05, 0.1) is 5.56 Å². The first-order valence-corrected chi connectivity index (χ1v) is 7.55. The van der Waals surface area contributed by atoms with Crippen molar-refractivity contribution >= 4 is 23.5 Å². The zero-order chi connectivity index (χ0) is 18.2. The van der Waals surface area contributed by atoms with Crippen molar-refractivity contribution in [3.8, 4) is 0 Å². The van der Waals surface area contributed by atoms with Crippen molar-refractivity contribution < 1.29 is 23.5 Å². The molecule has 0 unspecified atom stereocenters. The maximum Gasteiger partial charge on any atom is 0.326 e. The first-order valence-electron chi connectivity index (χ1n) is 7.55. The molecule has 0 aliphatic heterocycles. The molecule has 2 rings (SSSR count). The monoisotopic (exact) mass is 344 g/mol. The van der Waals surface area contributed by atoms with Crippen LogP contribution in [0.4, 0.5) is 10.1 Å². The third kappa shape index (κ3) is 5.42. The zero-order valence-corrected chi connectivity index (χ0v) is 13.5. The number of amides is 2. The Morgan fingerprint density at radius 2 is 1.68 bits per heavy atom. The minimum Gasteiger partial charge on any atom is -0.451 e. The topological polar surface area (TPSA) is 84.5 Å². The van der Waals surface area contributed by atoms with E-state index in [2.05, 4.69) is 10.6 Å². The summed E-state index contributed by atoms with van der Waals surface area (Å²) in [4.78, 5) is 35.4. The summed E-state index contributed by atoms with van der Waals surface area (Å²) in [7, 11) is 0. The molecule has 0 aliphatic rings. The molecule has 0 saturated carbocycles. The lowest BCUT2D eigenvalue weighted by Crippen LogP contribution is -2.36. The Balaban J connectivity index is 1.80. The van der Waals surface area contributed by atoms with E-state index in [0.29, 0.717) is 5.69 Å². The highest BCUT2D eigenvalue weighted by molar-refractivity contribution is 5.97. The summed E-state index contributed by atoms with van der Waals surface area (Å²) in [5.41, 5.74) is 0.397. The van der Waals surface area contributed by atoms with E-state index in [1.807, 2.05) is 0 Å². The number of carbonyl (C=O) groups is 3. The van der Waals surface area contributed by atoms with E-state index in [4.69, 9.17) is 4.74 Å². The van der Waals surface area contributed by atoms with E-state index in [0.717, 1.165) is 6.07 Å². The van der Waals surface area contributed by atoms with Crippen molar-refractivity contribution in [3.63, 3.8) is 0 Å². The van der Waals surface area contributed by atoms with Crippen LogP contribution < -0.4 is 10.6 Å². The zero-order valence-electron chi connectivity index (χ0n) is 13.5. The number of benzene rings is 2. The van der Waals surface area contributed by atoms with E-state index in [1.54, 1.807) is 30.3 Å². The second-order valence-electron chi connectivity index (χ2n) is 5.15. The van der Waals surface area contributed by atoms with Gasteiger partial charge in [-0.25, -0.2) is 4.39 Å². The van der Waals surface area contributed by atoms with Crippen LogP contribution in [0.5, 0.6) is 0 Å². The van der Waals surface area contributed by atoms with Gasteiger partial charge in [0.2, 0.25) is 0 Å². The lowest BCUT2D eigenvalue weighted by Gasteiger charge is -2.14. The summed E-state index contributed by atoms with van der Waals surface area (Å²) in [6.07, 6.45) is -1.04. The molecule has 0 fully saturated rings. The standard InChI is InChI=1S/C18H17FN2O4/c1-12(17(23)21-13-7-3-2-4-8-13)25-16(22)11-20-18(24)14-9-5-6-10-15(14)19/h2-10,12H,11H2,1H3,(H,20,24)(H,21,23)/t12-/m0/s1. The van der Waals surface area contributed by atoms with Crippen molar-refractivity contribution in [1.29, 1.82) is 0 Å². The van der Waals surface area contributed by atoms with Crippen LogP contribution in [0, 0.1) is 5.82 Å². The summed E-state index contributed by atoms with van der Waals surface area (Å²) < 4.78 is 18.4. The molecule has 2 aromatic rings. The Morgan fingerprint density at radius 3 is 2.36 bits per heavy atom. The van der Waals surface area contributed by atoms with Crippen LogP contribution in [0.25, 0.3) is 0 Å². The van der Waals surface area contributed by atoms with Crippen molar-refractivity contribution in [2.45, 2.75) is 13.0 Å². The molecule has 7 heteroatoms. The van der Waals surface area contributed by atoms with E-state index in [-0.39, 0.29) is 5.56 Å². The van der Waals surface area contributed by atoms with E-state index >= 15 is 0 Å². The van der Waals surface area contributed by atoms with Crippen molar-refractivity contribution in [3.05, 3.63) is 66.0 Å². The molecule has 0 bridgehead atoms. The van der Waals surface area contributed by atoms with Gasteiger partial charge in [0.1, 0.15) is 12.4 Å². The fourth-order valence-corrected chi connectivity index (χ4v) is 1.95. The number of hydrogen-bond acceptors (Lipinski definition) is 4.